The highest BCUT2D eigenvalue weighted by Crippen LogP contribution is 2.31. The molecule has 6 heteroatoms. The van der Waals surface area contributed by atoms with Crippen LogP contribution in [0, 0.1) is 6.92 Å². The largest absolute Gasteiger partial charge is 0.326 e. The second-order valence-corrected chi connectivity index (χ2v) is 6.14. The number of thiophene rings is 1. The first-order valence-corrected chi connectivity index (χ1v) is 6.78. The summed E-state index contributed by atoms with van der Waals surface area (Å²) in [6.45, 7) is 3.82. The van der Waals surface area contributed by atoms with Gasteiger partial charge in [-0.05, 0) is 26.0 Å². The normalized spacial score (nSPS) is 14.9. The van der Waals surface area contributed by atoms with E-state index in [-0.39, 0.29) is 12.1 Å². The van der Waals surface area contributed by atoms with Crippen molar-refractivity contribution < 1.29 is 0 Å². The monoisotopic (exact) mass is 289 g/mol. The second kappa shape index (κ2) is 4.98. The minimum absolute atomic E-state index is 0.0290. The molecule has 0 radical (unpaired) electrons. The van der Waals surface area contributed by atoms with Gasteiger partial charge in [0, 0.05) is 17.1 Å². The molecule has 0 fully saturated rings. The van der Waals surface area contributed by atoms with Gasteiger partial charge in [-0.15, -0.1) is 11.3 Å². The molecule has 0 aliphatic heterocycles. The zero-order chi connectivity index (χ0) is 12.6. The quantitative estimate of drug-likeness (QED) is 0.940. The first kappa shape index (κ1) is 12.9. The Morgan fingerprint density at radius 1 is 1.41 bits per heavy atom. The number of rotatable bonds is 3. The summed E-state index contributed by atoms with van der Waals surface area (Å²) < 4.78 is 2.56. The van der Waals surface area contributed by atoms with Gasteiger partial charge in [0.15, 0.2) is 0 Å². The Balaban J connectivity index is 2.42. The van der Waals surface area contributed by atoms with E-state index in [1.54, 1.807) is 6.20 Å². The van der Waals surface area contributed by atoms with E-state index in [1.807, 2.05) is 30.7 Å². The Bertz CT molecular complexity index is 499. The fourth-order valence-electron chi connectivity index (χ4n) is 1.72. The van der Waals surface area contributed by atoms with Crippen molar-refractivity contribution >= 4 is 34.5 Å². The number of nitrogens with zero attached hydrogens (tertiary/aromatic N) is 2. The van der Waals surface area contributed by atoms with Crippen LogP contribution >= 0.6 is 34.5 Å². The van der Waals surface area contributed by atoms with Crippen molar-refractivity contribution in [2.75, 3.05) is 0 Å². The molecule has 2 atom stereocenters. The lowest BCUT2D eigenvalue weighted by molar-refractivity contribution is 0.458. The molecular formula is C11H13Cl2N3S. The van der Waals surface area contributed by atoms with Crippen LogP contribution in [0.4, 0.5) is 0 Å². The maximum absolute atomic E-state index is 6.03. The van der Waals surface area contributed by atoms with E-state index in [2.05, 4.69) is 5.10 Å². The van der Waals surface area contributed by atoms with Crippen LogP contribution in [-0.2, 0) is 0 Å². The standard InChI is InChI=1S/C11H13Cl2N3S/c1-6(14)11(9-3-4-10(13)17-9)16-5-8(12)7(2)15-16/h3-6,11H,14H2,1-2H3. The van der Waals surface area contributed by atoms with Crippen molar-refractivity contribution in [3.63, 3.8) is 0 Å². The maximum atomic E-state index is 6.03. The summed E-state index contributed by atoms with van der Waals surface area (Å²) in [7, 11) is 0. The second-order valence-electron chi connectivity index (χ2n) is 3.99. The zero-order valence-corrected chi connectivity index (χ0v) is 11.9. The van der Waals surface area contributed by atoms with Crippen molar-refractivity contribution in [3.05, 3.63) is 38.3 Å². The van der Waals surface area contributed by atoms with Gasteiger partial charge in [-0.1, -0.05) is 23.2 Å². The molecule has 2 aromatic rings. The lowest BCUT2D eigenvalue weighted by Crippen LogP contribution is -2.30. The van der Waals surface area contributed by atoms with Gasteiger partial charge in [-0.2, -0.15) is 5.10 Å². The molecule has 3 nitrogen and oxygen atoms in total. The van der Waals surface area contributed by atoms with Crippen LogP contribution in [0.5, 0.6) is 0 Å². The molecule has 0 amide bonds. The summed E-state index contributed by atoms with van der Waals surface area (Å²) in [5.74, 6) is 0. The van der Waals surface area contributed by atoms with E-state index < -0.39 is 0 Å². The van der Waals surface area contributed by atoms with Crippen LogP contribution in [0.2, 0.25) is 9.36 Å². The molecule has 2 N–H and O–H groups in total. The SMILES string of the molecule is Cc1nn(C(c2ccc(Cl)s2)C(C)N)cc1Cl. The summed E-state index contributed by atoms with van der Waals surface area (Å²) in [5.41, 5.74) is 6.83. The minimum Gasteiger partial charge on any atom is -0.326 e. The highest BCUT2D eigenvalue weighted by Gasteiger charge is 2.21. The molecule has 2 unspecified atom stereocenters. The zero-order valence-electron chi connectivity index (χ0n) is 9.52. The average molecular weight is 290 g/mol. The first-order valence-electron chi connectivity index (χ1n) is 5.21. The van der Waals surface area contributed by atoms with E-state index in [1.165, 1.54) is 11.3 Å². The van der Waals surface area contributed by atoms with E-state index in [0.717, 1.165) is 14.9 Å². The van der Waals surface area contributed by atoms with E-state index in [4.69, 9.17) is 28.9 Å². The highest BCUT2D eigenvalue weighted by atomic mass is 35.5. The Morgan fingerprint density at radius 3 is 2.53 bits per heavy atom. The van der Waals surface area contributed by atoms with Crippen LogP contribution in [0.15, 0.2) is 18.3 Å². The van der Waals surface area contributed by atoms with Crippen molar-refractivity contribution in [1.29, 1.82) is 0 Å². The molecule has 17 heavy (non-hydrogen) atoms. The molecule has 0 aromatic carbocycles. The molecule has 2 heterocycles. The Kier molecular flexibility index (Phi) is 3.78. The summed E-state index contributed by atoms with van der Waals surface area (Å²) in [6.07, 6.45) is 1.80. The Labute approximate surface area is 114 Å². The van der Waals surface area contributed by atoms with Gasteiger partial charge in [-0.3, -0.25) is 4.68 Å². The van der Waals surface area contributed by atoms with Crippen LogP contribution in [0.25, 0.3) is 0 Å². The predicted molar refractivity (Wildman–Crippen MR) is 73.1 cm³/mol. The smallest absolute Gasteiger partial charge is 0.101 e. The van der Waals surface area contributed by atoms with Crippen LogP contribution in [-0.4, -0.2) is 15.8 Å². The number of nitrogens with two attached hydrogens (primary N) is 1. The topological polar surface area (TPSA) is 43.8 Å². The predicted octanol–water partition coefficient (Wildman–Crippen LogP) is 3.50. The molecule has 92 valence electrons. The van der Waals surface area contributed by atoms with Crippen molar-refractivity contribution in [3.8, 4) is 0 Å². The third kappa shape index (κ3) is 2.65. The van der Waals surface area contributed by atoms with E-state index in [9.17, 15) is 0 Å². The molecule has 0 saturated carbocycles. The Hall–Kier alpha value is -0.550. The number of hydrogen-bond acceptors (Lipinski definition) is 3. The number of aromatic nitrogens is 2. The molecule has 0 aliphatic carbocycles. The summed E-state index contributed by atoms with van der Waals surface area (Å²) in [6, 6.07) is 3.75. The van der Waals surface area contributed by atoms with E-state index >= 15 is 0 Å². The van der Waals surface area contributed by atoms with Gasteiger partial charge in [0.1, 0.15) is 6.04 Å². The molecule has 2 aromatic heterocycles. The van der Waals surface area contributed by atoms with Gasteiger partial charge < -0.3 is 5.73 Å². The maximum Gasteiger partial charge on any atom is 0.101 e. The molecule has 0 spiro atoms. The van der Waals surface area contributed by atoms with Crippen molar-refractivity contribution in [1.82, 2.24) is 9.78 Å². The van der Waals surface area contributed by atoms with E-state index in [0.29, 0.717) is 5.02 Å². The lowest BCUT2D eigenvalue weighted by atomic mass is 10.1. The van der Waals surface area contributed by atoms with Gasteiger partial charge in [-0.25, -0.2) is 0 Å². The van der Waals surface area contributed by atoms with Gasteiger partial charge in [0.05, 0.1) is 15.1 Å². The van der Waals surface area contributed by atoms with Crippen LogP contribution < -0.4 is 5.73 Å². The number of hydrogen-bond donors (Lipinski definition) is 1. The molecular weight excluding hydrogens is 277 g/mol. The third-order valence-electron chi connectivity index (χ3n) is 2.53. The molecule has 0 aliphatic rings. The number of aryl methyl sites for hydroxylation is 1. The van der Waals surface area contributed by atoms with Crippen LogP contribution in [0.3, 0.4) is 0 Å². The number of halogens is 2. The average Bonchev–Trinajstić information content (AvgIpc) is 2.76. The first-order chi connectivity index (χ1) is 7.99. The third-order valence-corrected chi connectivity index (χ3v) is 4.20. The molecule has 2 rings (SSSR count). The highest BCUT2D eigenvalue weighted by molar-refractivity contribution is 7.16. The summed E-state index contributed by atoms with van der Waals surface area (Å²) >= 11 is 13.5. The summed E-state index contributed by atoms with van der Waals surface area (Å²) in [5, 5.41) is 5.04. The molecule has 0 bridgehead atoms. The van der Waals surface area contributed by atoms with Gasteiger partial charge >= 0.3 is 0 Å². The minimum atomic E-state index is -0.0694. The Morgan fingerprint density at radius 2 is 2.12 bits per heavy atom. The fraction of sp³-hybridized carbons (Fsp3) is 0.364. The van der Waals surface area contributed by atoms with Gasteiger partial charge in [0.2, 0.25) is 0 Å². The summed E-state index contributed by atoms with van der Waals surface area (Å²) in [4.78, 5) is 1.09. The lowest BCUT2D eigenvalue weighted by Gasteiger charge is -2.19. The van der Waals surface area contributed by atoms with Crippen LogP contribution in [0.1, 0.15) is 23.5 Å². The van der Waals surface area contributed by atoms with Gasteiger partial charge in [0.25, 0.3) is 0 Å². The molecule has 0 saturated heterocycles. The van der Waals surface area contributed by atoms with Crippen molar-refractivity contribution in [2.45, 2.75) is 25.9 Å². The fourth-order valence-corrected chi connectivity index (χ4v) is 3.13. The van der Waals surface area contributed by atoms with Crippen molar-refractivity contribution in [2.24, 2.45) is 5.73 Å².